The summed E-state index contributed by atoms with van der Waals surface area (Å²) in [7, 11) is 0. The Labute approximate surface area is 197 Å². The predicted octanol–water partition coefficient (Wildman–Crippen LogP) is 7.31. The second-order valence-corrected chi connectivity index (χ2v) is 8.48. The van der Waals surface area contributed by atoms with Gasteiger partial charge >= 0.3 is 18.4 Å². The first kappa shape index (κ1) is 26.2. The lowest BCUT2D eigenvalue weighted by molar-refractivity contribution is -0.138. The van der Waals surface area contributed by atoms with E-state index in [1.54, 1.807) is 13.8 Å². The van der Waals surface area contributed by atoms with Gasteiger partial charge in [-0.1, -0.05) is 18.5 Å². The SMILES string of the molecule is CCOC(=O)N1c2ccc(C(F)(F)F)cc2[C@H]([C@H](N)c2cc(Cl)cc(C(F)(F)F)c2)C[C@H]1CC. The number of hydrogen-bond acceptors (Lipinski definition) is 3. The Morgan fingerprint density at radius 2 is 1.74 bits per heavy atom. The molecule has 4 nitrogen and oxygen atoms in total. The maximum atomic E-state index is 13.5. The van der Waals surface area contributed by atoms with E-state index in [2.05, 4.69) is 0 Å². The molecule has 0 saturated carbocycles. The minimum Gasteiger partial charge on any atom is -0.449 e. The molecular formula is C23H23ClF6N2O2. The molecule has 34 heavy (non-hydrogen) atoms. The molecule has 0 spiro atoms. The van der Waals surface area contributed by atoms with Crippen LogP contribution in [0.4, 0.5) is 36.8 Å². The van der Waals surface area contributed by atoms with Crippen LogP contribution in [0.1, 0.15) is 60.9 Å². The summed E-state index contributed by atoms with van der Waals surface area (Å²) in [5.74, 6) is -0.813. The molecule has 1 aliphatic rings. The zero-order valence-electron chi connectivity index (χ0n) is 18.3. The average molecular weight is 509 g/mol. The zero-order chi connectivity index (χ0) is 25.4. The van der Waals surface area contributed by atoms with Crippen LogP contribution in [0.2, 0.25) is 5.02 Å². The molecule has 2 aromatic carbocycles. The topological polar surface area (TPSA) is 55.6 Å². The molecule has 0 fully saturated rings. The van der Waals surface area contributed by atoms with Crippen LogP contribution in [-0.4, -0.2) is 18.7 Å². The van der Waals surface area contributed by atoms with E-state index in [1.807, 2.05) is 0 Å². The molecule has 3 rings (SSSR count). The fourth-order valence-electron chi connectivity index (χ4n) is 4.30. The van der Waals surface area contributed by atoms with Crippen LogP contribution in [0.3, 0.4) is 0 Å². The summed E-state index contributed by atoms with van der Waals surface area (Å²) in [6.45, 7) is 3.45. The van der Waals surface area contributed by atoms with Gasteiger partial charge in [-0.15, -0.1) is 0 Å². The number of alkyl halides is 6. The summed E-state index contributed by atoms with van der Waals surface area (Å²) in [5, 5.41) is -0.194. The Morgan fingerprint density at radius 1 is 1.09 bits per heavy atom. The number of ether oxygens (including phenoxy) is 1. The molecule has 0 radical (unpaired) electrons. The van der Waals surface area contributed by atoms with Gasteiger partial charge in [0, 0.05) is 23.0 Å². The van der Waals surface area contributed by atoms with Gasteiger partial charge in [0.1, 0.15) is 0 Å². The van der Waals surface area contributed by atoms with Crippen LogP contribution in [0.25, 0.3) is 0 Å². The van der Waals surface area contributed by atoms with E-state index in [0.717, 1.165) is 24.3 Å². The third-order valence-corrected chi connectivity index (χ3v) is 6.12. The number of hydrogen-bond donors (Lipinski definition) is 1. The normalized spacial score (nSPS) is 19.5. The van der Waals surface area contributed by atoms with Crippen molar-refractivity contribution in [3.05, 3.63) is 63.7 Å². The molecule has 1 amide bonds. The number of benzene rings is 2. The van der Waals surface area contributed by atoms with E-state index in [1.165, 1.54) is 17.0 Å². The van der Waals surface area contributed by atoms with Crippen molar-refractivity contribution in [2.75, 3.05) is 11.5 Å². The molecule has 1 aliphatic heterocycles. The van der Waals surface area contributed by atoms with Crippen LogP contribution < -0.4 is 10.6 Å². The summed E-state index contributed by atoms with van der Waals surface area (Å²) in [4.78, 5) is 14.0. The Bertz CT molecular complexity index is 1060. The predicted molar refractivity (Wildman–Crippen MR) is 116 cm³/mol. The number of amides is 1. The van der Waals surface area contributed by atoms with Crippen LogP contribution in [0.15, 0.2) is 36.4 Å². The van der Waals surface area contributed by atoms with Gasteiger partial charge in [0.05, 0.1) is 23.4 Å². The van der Waals surface area contributed by atoms with Crippen molar-refractivity contribution in [2.24, 2.45) is 5.73 Å². The first-order valence-electron chi connectivity index (χ1n) is 10.6. The van der Waals surface area contributed by atoms with Gasteiger partial charge in [-0.2, -0.15) is 26.3 Å². The van der Waals surface area contributed by atoms with E-state index in [9.17, 15) is 31.1 Å². The number of nitrogens with two attached hydrogens (primary N) is 1. The summed E-state index contributed by atoms with van der Waals surface area (Å²) < 4.78 is 85.5. The van der Waals surface area contributed by atoms with E-state index in [0.29, 0.717) is 6.42 Å². The zero-order valence-corrected chi connectivity index (χ0v) is 19.1. The molecule has 0 aliphatic carbocycles. The van der Waals surface area contributed by atoms with Crippen molar-refractivity contribution in [1.82, 2.24) is 0 Å². The quantitative estimate of drug-likeness (QED) is 0.441. The number of carbonyl (C=O) groups excluding carboxylic acids is 1. The van der Waals surface area contributed by atoms with Crippen molar-refractivity contribution >= 4 is 23.4 Å². The highest BCUT2D eigenvalue weighted by Crippen LogP contribution is 2.47. The van der Waals surface area contributed by atoms with Crippen molar-refractivity contribution in [1.29, 1.82) is 0 Å². The van der Waals surface area contributed by atoms with Gasteiger partial charge in [0.25, 0.3) is 0 Å². The number of halogens is 7. The maximum absolute atomic E-state index is 13.5. The molecule has 3 atom stereocenters. The van der Waals surface area contributed by atoms with E-state index >= 15 is 0 Å². The molecule has 0 aromatic heterocycles. The monoisotopic (exact) mass is 508 g/mol. The highest BCUT2D eigenvalue weighted by Gasteiger charge is 2.41. The minimum atomic E-state index is -4.68. The lowest BCUT2D eigenvalue weighted by Gasteiger charge is -2.42. The molecule has 0 unspecified atom stereocenters. The van der Waals surface area contributed by atoms with Crippen LogP contribution in [0.5, 0.6) is 0 Å². The van der Waals surface area contributed by atoms with Gasteiger partial charge in [0.15, 0.2) is 0 Å². The van der Waals surface area contributed by atoms with Crippen molar-refractivity contribution in [3.63, 3.8) is 0 Å². The molecular weight excluding hydrogens is 486 g/mol. The first-order valence-corrected chi connectivity index (χ1v) is 11.0. The van der Waals surface area contributed by atoms with E-state index < -0.39 is 47.6 Å². The highest BCUT2D eigenvalue weighted by atomic mass is 35.5. The first-order chi connectivity index (χ1) is 15.8. The lowest BCUT2D eigenvalue weighted by atomic mass is 9.77. The lowest BCUT2D eigenvalue weighted by Crippen LogP contribution is -2.46. The van der Waals surface area contributed by atoms with E-state index in [-0.39, 0.29) is 34.9 Å². The summed E-state index contributed by atoms with van der Waals surface area (Å²) in [6, 6.07) is 4.21. The summed E-state index contributed by atoms with van der Waals surface area (Å²) in [6.07, 6.45) is -9.52. The molecule has 0 saturated heterocycles. The Hall–Kier alpha value is -2.46. The Kier molecular flexibility index (Phi) is 7.43. The van der Waals surface area contributed by atoms with Crippen LogP contribution >= 0.6 is 11.6 Å². The summed E-state index contributed by atoms with van der Waals surface area (Å²) in [5.41, 5.74) is 4.74. The standard InChI is InChI=1S/C23H23ClF6N2O2/c1-3-16-11-18(20(31)12-7-14(23(28,29)30)9-15(24)8-12)17-10-13(22(25,26)27)5-6-19(17)32(16)21(33)34-4-2/h5-10,16,18,20H,3-4,11,31H2,1-2H3/t16-,18-,20-/m1/s1. The molecule has 2 N–H and O–H groups in total. The molecule has 0 bridgehead atoms. The Morgan fingerprint density at radius 3 is 2.29 bits per heavy atom. The van der Waals surface area contributed by atoms with Crippen molar-refractivity contribution in [3.8, 4) is 0 Å². The molecule has 11 heteroatoms. The second-order valence-electron chi connectivity index (χ2n) is 8.04. The second kappa shape index (κ2) is 9.65. The smallest absolute Gasteiger partial charge is 0.416 e. The van der Waals surface area contributed by atoms with Crippen LogP contribution in [-0.2, 0) is 17.1 Å². The van der Waals surface area contributed by atoms with Gasteiger partial charge < -0.3 is 10.5 Å². The van der Waals surface area contributed by atoms with Gasteiger partial charge in [-0.3, -0.25) is 4.90 Å². The molecule has 186 valence electrons. The fraction of sp³-hybridized carbons (Fsp3) is 0.435. The largest absolute Gasteiger partial charge is 0.449 e. The highest BCUT2D eigenvalue weighted by molar-refractivity contribution is 6.30. The molecule has 1 heterocycles. The van der Waals surface area contributed by atoms with E-state index in [4.69, 9.17) is 22.1 Å². The third-order valence-electron chi connectivity index (χ3n) is 5.91. The average Bonchev–Trinajstić information content (AvgIpc) is 2.75. The van der Waals surface area contributed by atoms with Gasteiger partial charge in [0.2, 0.25) is 0 Å². The fourth-order valence-corrected chi connectivity index (χ4v) is 4.54. The number of anilines is 1. The van der Waals surface area contributed by atoms with Crippen molar-refractivity contribution < 1.29 is 35.9 Å². The van der Waals surface area contributed by atoms with Gasteiger partial charge in [-0.25, -0.2) is 4.79 Å². The maximum Gasteiger partial charge on any atom is 0.416 e. The van der Waals surface area contributed by atoms with Crippen molar-refractivity contribution in [2.45, 2.75) is 57.0 Å². The number of rotatable bonds is 4. The Balaban J connectivity index is 2.17. The number of fused-ring (bicyclic) bond motifs is 1. The number of carbonyl (C=O) groups is 1. The minimum absolute atomic E-state index is 0.0348. The van der Waals surface area contributed by atoms with Gasteiger partial charge in [-0.05, 0) is 67.3 Å². The van der Waals surface area contributed by atoms with Crippen LogP contribution in [0, 0.1) is 0 Å². The number of nitrogens with zero attached hydrogens (tertiary/aromatic N) is 1. The third kappa shape index (κ3) is 5.27. The summed E-state index contributed by atoms with van der Waals surface area (Å²) >= 11 is 5.91. The molecule has 2 aromatic rings.